The largest absolute Gasteiger partial charge is 0.423 e. The predicted molar refractivity (Wildman–Crippen MR) is 159 cm³/mol. The maximum Gasteiger partial charge on any atom is 0.248 e. The molecule has 39 heavy (non-hydrogen) atoms. The molecule has 0 amide bonds. The van der Waals surface area contributed by atoms with Crippen LogP contribution in [0.1, 0.15) is 51.8 Å². The summed E-state index contributed by atoms with van der Waals surface area (Å²) in [5.74, 6) is 0.550. The molecule has 216 valence electrons. The molecule has 2 fully saturated rings. The zero-order valence-corrected chi connectivity index (χ0v) is 24.8. The van der Waals surface area contributed by atoms with E-state index >= 15 is 0 Å². The van der Waals surface area contributed by atoms with E-state index in [1.54, 1.807) is 0 Å². The highest BCUT2D eigenvalue weighted by Gasteiger charge is 2.33. The Balaban J connectivity index is 0.00000205. The van der Waals surface area contributed by atoms with Gasteiger partial charge < -0.3 is 9.73 Å². The minimum Gasteiger partial charge on any atom is -0.423 e. The summed E-state index contributed by atoms with van der Waals surface area (Å²) in [5.41, 5.74) is 3.12. The molecule has 2 saturated heterocycles. The van der Waals surface area contributed by atoms with Crippen LogP contribution < -0.4 is 5.32 Å². The van der Waals surface area contributed by atoms with Crippen LogP contribution >= 0.6 is 11.6 Å². The maximum absolute atomic E-state index is 14.4. The van der Waals surface area contributed by atoms with Crippen LogP contribution in [0.5, 0.6) is 0 Å². The van der Waals surface area contributed by atoms with Gasteiger partial charge in [-0.3, -0.25) is 14.7 Å². The molecule has 0 bridgehead atoms. The van der Waals surface area contributed by atoms with Gasteiger partial charge in [-0.15, -0.1) is 21.8 Å². The molecule has 4 rings (SSSR count). The highest BCUT2D eigenvalue weighted by molar-refractivity contribution is 6.15. The van der Waals surface area contributed by atoms with E-state index in [9.17, 15) is 4.39 Å². The second-order valence-corrected chi connectivity index (χ2v) is 10.3. The Bertz CT molecular complexity index is 1010. The van der Waals surface area contributed by atoms with Crippen LogP contribution in [0.15, 0.2) is 64.4 Å². The van der Waals surface area contributed by atoms with Gasteiger partial charge in [0.2, 0.25) is 12.3 Å². The molecule has 0 aromatic carbocycles. The highest BCUT2D eigenvalue weighted by Crippen LogP contribution is 2.26. The number of likely N-dealkylation sites (tertiary alicyclic amines) is 1. The van der Waals surface area contributed by atoms with Gasteiger partial charge in [0, 0.05) is 70.9 Å². The number of rotatable bonds is 10. The van der Waals surface area contributed by atoms with Gasteiger partial charge in [-0.1, -0.05) is 43.7 Å². The van der Waals surface area contributed by atoms with Gasteiger partial charge in [-0.05, 0) is 50.4 Å². The monoisotopic (exact) mass is 560 g/mol. The smallest absolute Gasteiger partial charge is 0.248 e. The molecule has 3 heterocycles. The molecule has 1 aliphatic carbocycles. The lowest BCUT2D eigenvalue weighted by molar-refractivity contribution is 0.0175. The van der Waals surface area contributed by atoms with Crippen LogP contribution in [0.3, 0.4) is 0 Å². The molecule has 2 aliphatic heterocycles. The van der Waals surface area contributed by atoms with Gasteiger partial charge in [0.15, 0.2) is 0 Å². The van der Waals surface area contributed by atoms with Gasteiger partial charge in [0.1, 0.15) is 5.83 Å². The molecule has 1 aromatic rings. The van der Waals surface area contributed by atoms with Gasteiger partial charge in [0.05, 0.1) is 5.57 Å². The van der Waals surface area contributed by atoms with Crippen LogP contribution in [-0.4, -0.2) is 96.2 Å². The van der Waals surface area contributed by atoms with Gasteiger partial charge in [-0.25, -0.2) is 4.39 Å². The van der Waals surface area contributed by atoms with Crippen molar-refractivity contribution in [3.8, 4) is 0 Å². The number of piperidine rings is 1. The first-order valence-electron chi connectivity index (χ1n) is 14.2. The molecule has 1 aromatic heterocycles. The zero-order valence-electron chi connectivity index (χ0n) is 24.1. The Morgan fingerprint density at radius 3 is 2.62 bits per heavy atom. The first-order chi connectivity index (χ1) is 19.1. The number of hydrogen-bond donors (Lipinski definition) is 1. The Hall–Kier alpha value is -2.26. The lowest BCUT2D eigenvalue weighted by Gasteiger charge is -2.47. The summed E-state index contributed by atoms with van der Waals surface area (Å²) >= 11 is 4.64. The third-order valence-corrected chi connectivity index (χ3v) is 7.84. The van der Waals surface area contributed by atoms with E-state index in [0.717, 1.165) is 82.6 Å². The minimum atomic E-state index is 0.0143. The summed E-state index contributed by atoms with van der Waals surface area (Å²) < 4.78 is 19.8. The summed E-state index contributed by atoms with van der Waals surface area (Å²) in [7, 11) is 1.88. The van der Waals surface area contributed by atoms with Gasteiger partial charge >= 0.3 is 0 Å². The van der Waals surface area contributed by atoms with E-state index in [-0.39, 0.29) is 5.83 Å². The van der Waals surface area contributed by atoms with Crippen molar-refractivity contribution >= 4 is 17.2 Å². The van der Waals surface area contributed by atoms with Crippen molar-refractivity contribution in [1.82, 2.24) is 30.2 Å². The van der Waals surface area contributed by atoms with Crippen molar-refractivity contribution in [3.05, 3.63) is 65.8 Å². The Morgan fingerprint density at radius 2 is 1.95 bits per heavy atom. The standard InChI is InChI=1S/C29H43FN6O.CH3Cl/c1-4-23(17-25(18-31-3)29-33-32-22-37-29)19-35-15-16-36(26(5-2)21-35)27-11-13-34(14-12-27)20-24-9-7-6-8-10-28(24)30;1-2/h6-9,17-18,22,26-27,31H,4-5,10-16,19-21H2,1-3H3;1H3/b23-17-,25-18+;. The fraction of sp³-hybridized carbons (Fsp3) is 0.600. The van der Waals surface area contributed by atoms with Crippen molar-refractivity contribution in [2.45, 2.75) is 58.0 Å². The van der Waals surface area contributed by atoms with E-state index in [4.69, 9.17) is 4.42 Å². The van der Waals surface area contributed by atoms with Gasteiger partial charge in [-0.2, -0.15) is 0 Å². The lowest BCUT2D eigenvalue weighted by atomic mass is 9.97. The Morgan fingerprint density at radius 1 is 1.15 bits per heavy atom. The Labute approximate surface area is 239 Å². The fourth-order valence-corrected chi connectivity index (χ4v) is 5.74. The second-order valence-electron chi connectivity index (χ2n) is 10.3. The van der Waals surface area contributed by atoms with E-state index in [1.807, 2.05) is 37.6 Å². The predicted octanol–water partition coefficient (Wildman–Crippen LogP) is 5.42. The van der Waals surface area contributed by atoms with E-state index in [1.165, 1.54) is 18.3 Å². The van der Waals surface area contributed by atoms with Crippen molar-refractivity contribution in [2.24, 2.45) is 0 Å². The van der Waals surface area contributed by atoms with Crippen molar-refractivity contribution in [1.29, 1.82) is 0 Å². The molecule has 1 unspecified atom stereocenters. The first kappa shape index (κ1) is 31.3. The first-order valence-corrected chi connectivity index (χ1v) is 15.0. The van der Waals surface area contributed by atoms with Crippen molar-refractivity contribution in [2.75, 3.05) is 59.2 Å². The normalized spacial score (nSPS) is 22.6. The van der Waals surface area contributed by atoms with Crippen LogP contribution in [0, 0.1) is 0 Å². The average molecular weight is 561 g/mol. The molecule has 9 heteroatoms. The molecule has 1 N–H and O–H groups in total. The summed E-state index contributed by atoms with van der Waals surface area (Å²) in [5, 5.41) is 11.0. The minimum absolute atomic E-state index is 0.0143. The molecule has 3 aliphatic rings. The third-order valence-electron chi connectivity index (χ3n) is 7.84. The molecule has 7 nitrogen and oxygen atoms in total. The summed E-state index contributed by atoms with van der Waals surface area (Å²) in [6, 6.07) is 1.19. The number of nitrogens with zero attached hydrogens (tertiary/aromatic N) is 5. The van der Waals surface area contributed by atoms with Crippen LogP contribution in [0.4, 0.5) is 4.39 Å². The number of hydrogen-bond acceptors (Lipinski definition) is 7. The molecule has 0 saturated carbocycles. The molecule has 0 radical (unpaired) electrons. The van der Waals surface area contributed by atoms with Crippen molar-refractivity contribution < 1.29 is 8.81 Å². The van der Waals surface area contributed by atoms with Crippen LogP contribution in [0.2, 0.25) is 0 Å². The molecular weight excluding hydrogens is 515 g/mol. The Kier molecular flexibility index (Phi) is 13.4. The van der Waals surface area contributed by atoms with Gasteiger partial charge in [0.25, 0.3) is 0 Å². The second kappa shape index (κ2) is 16.8. The number of piperazine rings is 1. The fourth-order valence-electron chi connectivity index (χ4n) is 5.74. The third kappa shape index (κ3) is 9.13. The average Bonchev–Trinajstić information content (AvgIpc) is 3.44. The van der Waals surface area contributed by atoms with Crippen molar-refractivity contribution in [3.63, 3.8) is 0 Å². The SMILES string of the molecule is CC/C(=C/C(=C\NC)c1nnco1)CN1CCN(C2CCN(CC3=C(F)CC=CC=C3)CC2)C(CC)C1.CCl. The molecular formula is C30H46ClFN6O. The lowest BCUT2D eigenvalue weighted by Crippen LogP contribution is -2.58. The zero-order chi connectivity index (χ0) is 28.0. The van der Waals surface area contributed by atoms with E-state index in [2.05, 4.69) is 61.7 Å². The van der Waals surface area contributed by atoms with Crippen LogP contribution in [0.25, 0.3) is 5.57 Å². The maximum atomic E-state index is 14.4. The number of nitrogens with one attached hydrogen (secondary N) is 1. The van der Waals surface area contributed by atoms with E-state index in [0.29, 0.717) is 24.4 Å². The quantitative estimate of drug-likeness (QED) is 0.303. The number of aromatic nitrogens is 2. The summed E-state index contributed by atoms with van der Waals surface area (Å²) in [6.45, 7) is 11.6. The highest BCUT2D eigenvalue weighted by atomic mass is 35.5. The summed E-state index contributed by atoms with van der Waals surface area (Å²) in [4.78, 5) is 7.79. The number of allylic oxidation sites excluding steroid dienone is 6. The van der Waals surface area contributed by atoms with E-state index < -0.39 is 0 Å². The number of alkyl halides is 1. The number of halogens is 2. The topological polar surface area (TPSA) is 60.7 Å². The summed E-state index contributed by atoms with van der Waals surface area (Å²) in [6.07, 6.45) is 19.5. The molecule has 0 spiro atoms. The van der Waals surface area contributed by atoms with Crippen LogP contribution in [-0.2, 0) is 0 Å². The molecule has 1 atom stereocenters.